The van der Waals surface area contributed by atoms with Crippen molar-refractivity contribution in [2.45, 2.75) is 37.8 Å². The maximum absolute atomic E-state index is 12.5. The van der Waals surface area contributed by atoms with Crippen molar-refractivity contribution in [3.05, 3.63) is 42.0 Å². The largest absolute Gasteiger partial charge is 0.350 e. The van der Waals surface area contributed by atoms with Gasteiger partial charge in [-0.2, -0.15) is 0 Å². The predicted molar refractivity (Wildman–Crippen MR) is 92.3 cm³/mol. The first-order valence-corrected chi connectivity index (χ1v) is 8.79. The van der Waals surface area contributed by atoms with Gasteiger partial charge in [0.1, 0.15) is 6.54 Å². The minimum Gasteiger partial charge on any atom is -0.350 e. The quantitative estimate of drug-likeness (QED) is 0.923. The lowest BCUT2D eigenvalue weighted by atomic mass is 9.99. The molecule has 0 aliphatic carbocycles. The summed E-state index contributed by atoms with van der Waals surface area (Å²) < 4.78 is 0. The Kier molecular flexibility index (Phi) is 3.88. The van der Waals surface area contributed by atoms with Crippen molar-refractivity contribution in [1.82, 2.24) is 15.1 Å². The molecule has 5 nitrogen and oxygen atoms in total. The molecule has 126 valence electrons. The van der Waals surface area contributed by atoms with E-state index in [0.717, 1.165) is 31.5 Å². The van der Waals surface area contributed by atoms with Gasteiger partial charge in [-0.3, -0.25) is 19.4 Å². The summed E-state index contributed by atoms with van der Waals surface area (Å²) in [4.78, 5) is 29.0. The summed E-state index contributed by atoms with van der Waals surface area (Å²) >= 11 is 0. The topological polar surface area (TPSA) is 52.7 Å². The fourth-order valence-corrected chi connectivity index (χ4v) is 4.31. The molecule has 0 saturated carbocycles. The molecular weight excluding hydrogens is 302 g/mol. The Hall–Kier alpha value is -2.14. The Morgan fingerprint density at radius 2 is 1.96 bits per heavy atom. The van der Waals surface area contributed by atoms with Gasteiger partial charge < -0.3 is 5.32 Å². The molecule has 0 bridgehead atoms. The molecule has 2 fully saturated rings. The fraction of sp³-hybridized carbons (Fsp3) is 0.474. The molecule has 24 heavy (non-hydrogen) atoms. The molecule has 0 spiro atoms. The van der Waals surface area contributed by atoms with Gasteiger partial charge in [0.15, 0.2) is 0 Å². The number of rotatable bonds is 3. The van der Waals surface area contributed by atoms with Crippen LogP contribution < -0.4 is 5.32 Å². The van der Waals surface area contributed by atoms with Crippen molar-refractivity contribution in [2.75, 3.05) is 19.6 Å². The molecule has 1 aromatic rings. The highest BCUT2D eigenvalue weighted by Crippen LogP contribution is 2.31. The molecule has 1 N–H and O–H groups in total. The molecule has 0 unspecified atom stereocenters. The van der Waals surface area contributed by atoms with E-state index in [4.69, 9.17) is 0 Å². The Morgan fingerprint density at radius 3 is 2.75 bits per heavy atom. The van der Waals surface area contributed by atoms with Crippen LogP contribution in [-0.4, -0.2) is 53.3 Å². The number of carbonyl (C=O) groups is 2. The molecule has 2 saturated heterocycles. The number of carbonyl (C=O) groups excluding carboxylic acids is 2. The average molecular weight is 325 g/mol. The van der Waals surface area contributed by atoms with Crippen molar-refractivity contribution >= 4 is 17.5 Å². The second-order valence-electron chi connectivity index (χ2n) is 6.95. The van der Waals surface area contributed by atoms with Gasteiger partial charge in [0.25, 0.3) is 5.91 Å². The van der Waals surface area contributed by atoms with E-state index in [1.807, 2.05) is 18.2 Å². The van der Waals surface area contributed by atoms with E-state index in [2.05, 4.69) is 16.8 Å². The smallest absolute Gasteiger partial charge is 0.259 e. The third-order valence-corrected chi connectivity index (χ3v) is 5.54. The highest BCUT2D eigenvalue weighted by atomic mass is 16.2. The first-order valence-electron chi connectivity index (χ1n) is 8.79. The van der Waals surface area contributed by atoms with Crippen molar-refractivity contribution < 1.29 is 9.59 Å². The monoisotopic (exact) mass is 325 g/mol. The Bertz CT molecular complexity index is 665. The summed E-state index contributed by atoms with van der Waals surface area (Å²) in [6, 6.07) is 8.08. The van der Waals surface area contributed by atoms with Gasteiger partial charge in [0.2, 0.25) is 5.91 Å². The van der Waals surface area contributed by atoms with Crippen LogP contribution in [0.5, 0.6) is 0 Å². The van der Waals surface area contributed by atoms with Crippen molar-refractivity contribution in [2.24, 2.45) is 0 Å². The average Bonchev–Trinajstić information content (AvgIpc) is 3.11. The van der Waals surface area contributed by atoms with Gasteiger partial charge in [-0.25, -0.2) is 0 Å². The number of benzene rings is 1. The first kappa shape index (κ1) is 15.4. The highest BCUT2D eigenvalue weighted by molar-refractivity contribution is 6.10. The lowest BCUT2D eigenvalue weighted by Crippen LogP contribution is -2.49. The summed E-state index contributed by atoms with van der Waals surface area (Å²) in [5.41, 5.74) is 2.08. The molecule has 5 heteroatoms. The van der Waals surface area contributed by atoms with Crippen LogP contribution in [0.3, 0.4) is 0 Å². The predicted octanol–water partition coefficient (Wildman–Crippen LogP) is 1.86. The van der Waals surface area contributed by atoms with Gasteiger partial charge in [-0.05, 0) is 31.9 Å². The summed E-state index contributed by atoms with van der Waals surface area (Å²) in [6.07, 6.45) is 4.67. The molecule has 3 heterocycles. The second kappa shape index (κ2) is 6.06. The molecule has 0 aromatic heterocycles. The maximum Gasteiger partial charge on any atom is 0.259 e. The Morgan fingerprint density at radius 1 is 1.17 bits per heavy atom. The number of nitrogens with one attached hydrogen (secondary N) is 1. The summed E-state index contributed by atoms with van der Waals surface area (Å²) in [5, 5.41) is 3.16. The summed E-state index contributed by atoms with van der Waals surface area (Å²) in [7, 11) is 0. The molecule has 0 radical (unpaired) electrons. The molecule has 3 aliphatic rings. The van der Waals surface area contributed by atoms with Crippen LogP contribution in [0.2, 0.25) is 0 Å². The van der Waals surface area contributed by atoms with E-state index in [1.165, 1.54) is 17.7 Å². The van der Waals surface area contributed by atoms with E-state index in [1.54, 1.807) is 6.07 Å². The number of hydrogen-bond acceptors (Lipinski definition) is 3. The van der Waals surface area contributed by atoms with Crippen LogP contribution in [0, 0.1) is 0 Å². The Labute approximate surface area is 142 Å². The zero-order chi connectivity index (χ0) is 16.7. The third kappa shape index (κ3) is 2.53. The van der Waals surface area contributed by atoms with E-state index >= 15 is 0 Å². The molecular formula is C19H23N3O2. The van der Waals surface area contributed by atoms with Crippen LogP contribution >= 0.6 is 0 Å². The summed E-state index contributed by atoms with van der Waals surface area (Å²) in [5.74, 6) is -0.216. The number of piperidine rings is 1. The van der Waals surface area contributed by atoms with Crippen LogP contribution in [0.25, 0.3) is 5.70 Å². The zero-order valence-corrected chi connectivity index (χ0v) is 13.8. The van der Waals surface area contributed by atoms with Crippen molar-refractivity contribution in [3.8, 4) is 0 Å². The van der Waals surface area contributed by atoms with Crippen molar-refractivity contribution in [3.63, 3.8) is 0 Å². The van der Waals surface area contributed by atoms with Crippen molar-refractivity contribution in [1.29, 1.82) is 0 Å². The normalized spacial score (nSPS) is 26.4. The minimum atomic E-state index is -0.128. The lowest BCUT2D eigenvalue weighted by Gasteiger charge is -2.32. The van der Waals surface area contributed by atoms with Gasteiger partial charge in [0.05, 0.1) is 0 Å². The van der Waals surface area contributed by atoms with Gasteiger partial charge in [0, 0.05) is 35.5 Å². The maximum atomic E-state index is 12.5. The van der Waals surface area contributed by atoms with E-state index in [0.29, 0.717) is 17.3 Å². The number of nitrogens with zero attached hydrogens (tertiary/aromatic N) is 2. The van der Waals surface area contributed by atoms with Gasteiger partial charge in [-0.15, -0.1) is 0 Å². The van der Waals surface area contributed by atoms with Crippen LogP contribution in [0.1, 0.15) is 41.6 Å². The van der Waals surface area contributed by atoms with E-state index in [-0.39, 0.29) is 24.4 Å². The third-order valence-electron chi connectivity index (χ3n) is 5.54. The summed E-state index contributed by atoms with van der Waals surface area (Å²) in [6.45, 7) is 6.26. The number of hydrogen-bond donors (Lipinski definition) is 1. The Balaban J connectivity index is 1.40. The first-order chi connectivity index (χ1) is 11.6. The van der Waals surface area contributed by atoms with Gasteiger partial charge >= 0.3 is 0 Å². The minimum absolute atomic E-state index is 0.0512. The van der Waals surface area contributed by atoms with Gasteiger partial charge in [-0.1, -0.05) is 31.2 Å². The highest BCUT2D eigenvalue weighted by Gasteiger charge is 2.37. The molecule has 3 aliphatic heterocycles. The van der Waals surface area contributed by atoms with E-state index < -0.39 is 0 Å². The lowest BCUT2D eigenvalue weighted by molar-refractivity contribution is -0.122. The van der Waals surface area contributed by atoms with Crippen LogP contribution in [0.15, 0.2) is 30.8 Å². The standard InChI is InChI=1S/C19H23N3O2/c1-13-14-6-2-3-7-15(14)19(24)22(13)12-18(23)20-16-9-11-21-10-5-4-8-17(16)21/h2-3,6-7,16-17H,1,4-5,8-12H2,(H,20,23)/t16-,17+/m1/s1. The van der Waals surface area contributed by atoms with Crippen LogP contribution in [-0.2, 0) is 4.79 Å². The molecule has 2 atom stereocenters. The molecule has 1 aromatic carbocycles. The van der Waals surface area contributed by atoms with Crippen LogP contribution in [0.4, 0.5) is 0 Å². The second-order valence-corrected chi connectivity index (χ2v) is 6.95. The number of fused-ring (bicyclic) bond motifs is 2. The zero-order valence-electron chi connectivity index (χ0n) is 13.8. The number of amides is 2. The SMILES string of the molecule is C=C1c2ccccc2C(=O)N1CC(=O)N[C@@H]1CCN2CCCC[C@@H]12. The molecule has 2 amide bonds. The fourth-order valence-electron chi connectivity index (χ4n) is 4.31. The molecule has 4 rings (SSSR count). The van der Waals surface area contributed by atoms with E-state index in [9.17, 15) is 9.59 Å².